The molecule has 0 saturated heterocycles. The molecule has 4 aromatic rings. The van der Waals surface area contributed by atoms with E-state index >= 15 is 0 Å². The van der Waals surface area contributed by atoms with Gasteiger partial charge < -0.3 is 0 Å². The van der Waals surface area contributed by atoms with Crippen LogP contribution in [-0.2, 0) is 11.0 Å². The first-order valence-electron chi connectivity index (χ1n) is 9.80. The molecule has 0 aliphatic heterocycles. The number of aryl methyl sites for hydroxylation is 1. The summed E-state index contributed by atoms with van der Waals surface area (Å²) < 4.78 is 40.6. The van der Waals surface area contributed by atoms with Crippen LogP contribution in [0.4, 0.5) is 18.9 Å². The van der Waals surface area contributed by atoms with Gasteiger partial charge in [0.15, 0.2) is 7.11 Å². The summed E-state index contributed by atoms with van der Waals surface area (Å²) in [4.78, 5) is 33.8. The van der Waals surface area contributed by atoms with Gasteiger partial charge in [-0.05, 0) is 37.3 Å². The van der Waals surface area contributed by atoms with Crippen molar-refractivity contribution in [2.24, 2.45) is 0 Å². The van der Waals surface area contributed by atoms with Crippen molar-refractivity contribution in [3.05, 3.63) is 95.0 Å². The average molecular weight is 486 g/mol. The number of hydrogen-bond acceptors (Lipinski definition) is 6. The highest BCUT2D eigenvalue weighted by atomic mass is 19.4. The summed E-state index contributed by atoms with van der Waals surface area (Å²) in [5.74, 6) is 0. The van der Waals surface area contributed by atoms with Crippen molar-refractivity contribution in [3.63, 3.8) is 0 Å². The molecular formula is C24H23F3N5O3+. The molecule has 11 heteroatoms. The van der Waals surface area contributed by atoms with Crippen molar-refractivity contribution in [2.75, 3.05) is 7.11 Å². The number of alkyl halides is 3. The average Bonchev–Trinajstić information content (AvgIpc) is 3.31. The fourth-order valence-corrected chi connectivity index (χ4v) is 2.84. The van der Waals surface area contributed by atoms with E-state index < -0.39 is 11.9 Å². The molecule has 0 atom stereocenters. The minimum atomic E-state index is -4.52. The maximum Gasteiger partial charge on any atom is 0.433 e. The van der Waals surface area contributed by atoms with Gasteiger partial charge in [-0.1, -0.05) is 19.6 Å². The molecule has 0 fully saturated rings. The van der Waals surface area contributed by atoms with Crippen LogP contribution < -0.4 is 0 Å². The van der Waals surface area contributed by atoms with Gasteiger partial charge in [0, 0.05) is 41.3 Å². The Hall–Kier alpha value is -4.41. The first kappa shape index (κ1) is 26.8. The second kappa shape index (κ2) is 11.6. The Labute approximate surface area is 199 Å². The highest BCUT2D eigenvalue weighted by Gasteiger charge is 2.36. The van der Waals surface area contributed by atoms with Gasteiger partial charge in [-0.3, -0.25) is 14.8 Å². The van der Waals surface area contributed by atoms with Gasteiger partial charge >= 0.3 is 11.9 Å². The van der Waals surface area contributed by atoms with E-state index in [2.05, 4.69) is 19.9 Å². The molecule has 4 rings (SSSR count). The summed E-state index contributed by atoms with van der Waals surface area (Å²) in [6, 6.07) is 13.7. The van der Waals surface area contributed by atoms with E-state index in [1.165, 1.54) is 25.6 Å². The van der Waals surface area contributed by atoms with Crippen LogP contribution in [0.2, 0.25) is 0 Å². The zero-order chi connectivity index (χ0) is 24.7. The van der Waals surface area contributed by atoms with E-state index in [1.54, 1.807) is 55.6 Å². The van der Waals surface area contributed by atoms with Crippen molar-refractivity contribution in [1.29, 1.82) is 0 Å². The zero-order valence-electron chi connectivity index (χ0n) is 18.1. The fraction of sp³-hybridized carbons (Fsp3) is 0.167. The lowest BCUT2D eigenvalue weighted by atomic mass is 10.2. The number of halogens is 3. The molecule has 182 valence electrons. The van der Waals surface area contributed by atoms with E-state index in [-0.39, 0.29) is 18.8 Å². The Kier molecular flexibility index (Phi) is 8.92. The van der Waals surface area contributed by atoms with Crippen LogP contribution >= 0.6 is 0 Å². The van der Waals surface area contributed by atoms with Crippen LogP contribution in [0.3, 0.4) is 0 Å². The van der Waals surface area contributed by atoms with Gasteiger partial charge in [0.1, 0.15) is 12.0 Å². The van der Waals surface area contributed by atoms with Crippen molar-refractivity contribution < 1.29 is 27.7 Å². The number of aromatic nitrogens is 4. The predicted molar refractivity (Wildman–Crippen MR) is 123 cm³/mol. The summed E-state index contributed by atoms with van der Waals surface area (Å²) >= 11 is 0. The Bertz CT molecular complexity index is 1270. The van der Waals surface area contributed by atoms with Gasteiger partial charge in [0.05, 0.1) is 22.5 Å². The summed E-state index contributed by atoms with van der Waals surface area (Å²) in [7, 11) is 1.26. The smallest absolute Gasteiger partial charge is 0.298 e. The number of hydrogen-bond donors (Lipinski definition) is 0. The molecule has 35 heavy (non-hydrogen) atoms. The maximum atomic E-state index is 13.2. The van der Waals surface area contributed by atoms with Crippen LogP contribution in [0.5, 0.6) is 0 Å². The highest BCUT2D eigenvalue weighted by molar-refractivity contribution is 5.75. The summed E-state index contributed by atoms with van der Waals surface area (Å²) in [6.07, 6.45) is 0.547. The van der Waals surface area contributed by atoms with Gasteiger partial charge in [0.2, 0.25) is 0 Å². The van der Waals surface area contributed by atoms with Crippen LogP contribution in [0.25, 0.3) is 16.9 Å². The van der Waals surface area contributed by atoms with Crippen molar-refractivity contribution in [1.82, 2.24) is 19.7 Å². The molecular weight excluding hydrogens is 463 g/mol. The maximum absolute atomic E-state index is 13.2. The second-order valence-corrected chi connectivity index (χ2v) is 6.88. The molecule has 0 radical (unpaired) electrons. The highest BCUT2D eigenvalue weighted by Crippen LogP contribution is 2.33. The molecule has 0 amide bonds. The van der Waals surface area contributed by atoms with E-state index in [1.807, 2.05) is 0 Å². The van der Waals surface area contributed by atoms with E-state index in [4.69, 9.17) is 0 Å². The van der Waals surface area contributed by atoms with E-state index in [0.29, 0.717) is 28.0 Å². The van der Waals surface area contributed by atoms with E-state index in [9.17, 15) is 22.9 Å². The van der Waals surface area contributed by atoms with Crippen LogP contribution in [0, 0.1) is 11.8 Å². The van der Waals surface area contributed by atoms with Crippen molar-refractivity contribution >= 4 is 12.0 Å². The summed E-state index contributed by atoms with van der Waals surface area (Å²) in [5.41, 5.74) is 1.61. The Morgan fingerprint density at radius 2 is 1.83 bits per heavy atom. The molecule has 3 aromatic heterocycles. The number of carbonyl (C=O) groups is 1. The predicted octanol–water partition coefficient (Wildman–Crippen LogP) is 5.76. The minimum Gasteiger partial charge on any atom is -0.298 e. The van der Waals surface area contributed by atoms with Crippen LogP contribution in [0.15, 0.2) is 73.2 Å². The zero-order valence-corrected chi connectivity index (χ0v) is 18.1. The molecule has 0 N–H and O–H groups in total. The third-order valence-corrected chi connectivity index (χ3v) is 4.48. The first-order valence-corrected chi connectivity index (χ1v) is 9.80. The number of benzene rings is 1. The number of pyridine rings is 2. The topological polar surface area (TPSA) is 90.0 Å². The number of carbonyl (C=O) groups excluding carboxylic acids is 1. The van der Waals surface area contributed by atoms with Crippen LogP contribution in [0.1, 0.15) is 29.2 Å². The van der Waals surface area contributed by atoms with E-state index in [0.717, 1.165) is 16.4 Å². The van der Waals surface area contributed by atoms with Gasteiger partial charge in [-0.2, -0.15) is 18.3 Å². The Balaban J connectivity index is 0.000000284. The Morgan fingerprint density at radius 1 is 1.06 bits per heavy atom. The minimum absolute atomic E-state index is 0. The van der Waals surface area contributed by atoms with Crippen LogP contribution in [-0.4, -0.2) is 38.1 Å². The molecule has 3 heterocycles. The number of nitrogens with zero attached hydrogens (tertiary/aromatic N) is 5. The van der Waals surface area contributed by atoms with Crippen molar-refractivity contribution in [2.45, 2.75) is 20.5 Å². The standard InChI is InChI=1S/C15H11F3N4.C8H8NO3.CH4/c1-10-4-5-12(9-20-10)22-14(15(16,17)18)7-13(21-22)11-3-2-6-19-8-11;1-12-9(11)8-4-2-3-7(5-8)6-10;/h2-9H,1H3;2-6H,1H3;1H4/q;+1;. The molecule has 0 saturated carbocycles. The third-order valence-electron chi connectivity index (χ3n) is 4.48. The third kappa shape index (κ3) is 6.79. The van der Waals surface area contributed by atoms with Gasteiger partial charge in [0.25, 0.3) is 4.92 Å². The molecule has 0 bridgehead atoms. The van der Waals surface area contributed by atoms with Crippen molar-refractivity contribution in [3.8, 4) is 16.9 Å². The van der Waals surface area contributed by atoms with Gasteiger partial charge in [-0.15, -0.1) is 0 Å². The number of rotatable bonds is 5. The Morgan fingerprint density at radius 3 is 2.40 bits per heavy atom. The lowest BCUT2D eigenvalue weighted by molar-refractivity contribution is -0.736. The lowest BCUT2D eigenvalue weighted by Crippen LogP contribution is -2.13. The quantitative estimate of drug-likeness (QED) is 0.263. The number of aldehydes is 1. The molecule has 8 nitrogen and oxygen atoms in total. The summed E-state index contributed by atoms with van der Waals surface area (Å²) in [5, 5.41) is 4.06. The first-order chi connectivity index (χ1) is 16.2. The molecule has 0 unspecified atom stereocenters. The monoisotopic (exact) mass is 486 g/mol. The fourth-order valence-electron chi connectivity index (χ4n) is 2.84. The largest absolute Gasteiger partial charge is 0.433 e. The lowest BCUT2D eigenvalue weighted by Gasteiger charge is -2.09. The molecule has 0 aliphatic carbocycles. The summed E-state index contributed by atoms with van der Waals surface area (Å²) in [6.45, 7) is 1.76. The molecule has 1 aromatic carbocycles. The SMILES string of the molecule is C.CO[N+](=O)c1cccc(C=O)c1.Cc1ccc(-n2nc(-c3cccnc3)cc2C(F)(F)F)cn1. The second-order valence-electron chi connectivity index (χ2n) is 6.88. The van der Waals surface area contributed by atoms with Gasteiger partial charge in [-0.25, -0.2) is 9.52 Å². The molecule has 0 aliphatic rings. The normalized spacial score (nSPS) is 10.4. The molecule has 0 spiro atoms.